The van der Waals surface area contributed by atoms with E-state index in [0.29, 0.717) is 29.1 Å². The number of fused-ring (bicyclic) bond motifs is 1. The molecule has 7 heteroatoms. The highest BCUT2D eigenvalue weighted by atomic mass is 32.1. The third kappa shape index (κ3) is 4.30. The summed E-state index contributed by atoms with van der Waals surface area (Å²) in [7, 11) is 0. The molecule has 1 atom stereocenters. The number of hydrogen-bond donors (Lipinski definition) is 3. The molecule has 0 saturated carbocycles. The van der Waals surface area contributed by atoms with Gasteiger partial charge in [-0.3, -0.25) is 14.4 Å². The van der Waals surface area contributed by atoms with Crippen LogP contribution >= 0.6 is 11.3 Å². The molecule has 3 amide bonds. The van der Waals surface area contributed by atoms with Gasteiger partial charge in [0.05, 0.1) is 16.1 Å². The molecule has 1 saturated heterocycles. The van der Waals surface area contributed by atoms with Gasteiger partial charge in [0.15, 0.2) is 0 Å². The van der Waals surface area contributed by atoms with Crippen molar-refractivity contribution in [3.8, 4) is 0 Å². The molecule has 4 rings (SSSR count). The molecule has 3 aromatic rings. The van der Waals surface area contributed by atoms with Crippen molar-refractivity contribution in [1.82, 2.24) is 10.6 Å². The number of thiophene rings is 1. The third-order valence-corrected chi connectivity index (χ3v) is 6.02. The molecule has 0 spiro atoms. The first-order valence-corrected chi connectivity index (χ1v) is 10.4. The van der Waals surface area contributed by atoms with E-state index in [1.807, 2.05) is 30.3 Å². The van der Waals surface area contributed by atoms with Crippen LogP contribution in [-0.4, -0.2) is 30.3 Å². The van der Waals surface area contributed by atoms with Gasteiger partial charge in [0.1, 0.15) is 6.04 Å². The summed E-state index contributed by atoms with van der Waals surface area (Å²) in [5.41, 5.74) is 0.750. The number of hydrogen-bond acceptors (Lipinski definition) is 4. The fraction of sp³-hybridized carbons (Fsp3) is 0.227. The molecular formula is C22H21N3O3S. The summed E-state index contributed by atoms with van der Waals surface area (Å²) in [6, 6.07) is 15.9. The molecule has 0 radical (unpaired) electrons. The Morgan fingerprint density at radius 2 is 1.79 bits per heavy atom. The van der Waals surface area contributed by atoms with Crippen LogP contribution < -0.4 is 16.0 Å². The first kappa shape index (κ1) is 19.1. The summed E-state index contributed by atoms with van der Waals surface area (Å²) in [6.07, 6.45) is 2.38. The summed E-state index contributed by atoms with van der Waals surface area (Å²) in [5, 5.41) is 9.46. The molecule has 0 bridgehead atoms. The quantitative estimate of drug-likeness (QED) is 0.618. The van der Waals surface area contributed by atoms with E-state index in [9.17, 15) is 14.4 Å². The predicted octanol–water partition coefficient (Wildman–Crippen LogP) is 3.55. The van der Waals surface area contributed by atoms with E-state index < -0.39 is 6.04 Å². The van der Waals surface area contributed by atoms with Gasteiger partial charge in [-0.05, 0) is 48.9 Å². The number of amides is 3. The number of rotatable bonds is 4. The van der Waals surface area contributed by atoms with Gasteiger partial charge < -0.3 is 16.0 Å². The summed E-state index contributed by atoms with van der Waals surface area (Å²) in [6.45, 7) is 0.632. The highest BCUT2D eigenvalue weighted by molar-refractivity contribution is 7.20. The molecule has 0 unspecified atom stereocenters. The number of carbonyl (C=O) groups is 3. The van der Waals surface area contributed by atoms with Gasteiger partial charge in [0.2, 0.25) is 5.91 Å². The van der Waals surface area contributed by atoms with Crippen LogP contribution in [0.3, 0.4) is 0 Å². The maximum Gasteiger partial charge on any atom is 0.265 e. The molecule has 2 heterocycles. The molecule has 2 aromatic carbocycles. The largest absolute Gasteiger partial charge is 0.354 e. The van der Waals surface area contributed by atoms with E-state index in [1.165, 1.54) is 11.3 Å². The van der Waals surface area contributed by atoms with Gasteiger partial charge in [-0.1, -0.05) is 30.3 Å². The van der Waals surface area contributed by atoms with Gasteiger partial charge in [0, 0.05) is 11.2 Å². The summed E-state index contributed by atoms with van der Waals surface area (Å²) in [4.78, 5) is 38.3. The van der Waals surface area contributed by atoms with Gasteiger partial charge in [0.25, 0.3) is 11.8 Å². The number of nitrogens with one attached hydrogen (secondary N) is 3. The predicted molar refractivity (Wildman–Crippen MR) is 114 cm³/mol. The topological polar surface area (TPSA) is 87.3 Å². The van der Waals surface area contributed by atoms with Crippen molar-refractivity contribution in [2.45, 2.75) is 25.3 Å². The van der Waals surface area contributed by atoms with E-state index >= 15 is 0 Å². The second-order valence-electron chi connectivity index (χ2n) is 6.96. The van der Waals surface area contributed by atoms with Crippen LogP contribution in [0.1, 0.15) is 39.3 Å². The van der Waals surface area contributed by atoms with Crippen LogP contribution in [0.4, 0.5) is 5.69 Å². The first-order chi connectivity index (χ1) is 14.1. The van der Waals surface area contributed by atoms with Crippen LogP contribution in [0.2, 0.25) is 0 Å². The molecule has 3 N–H and O–H groups in total. The lowest BCUT2D eigenvalue weighted by molar-refractivity contribution is -0.122. The van der Waals surface area contributed by atoms with E-state index in [2.05, 4.69) is 16.0 Å². The number of carbonyl (C=O) groups excluding carboxylic acids is 3. The Hall–Kier alpha value is -3.19. The van der Waals surface area contributed by atoms with E-state index in [4.69, 9.17) is 0 Å². The SMILES string of the molecule is O=C(Nc1ccccc1C(=O)N[C@H]1CCCCNC1=O)c1cc2ccccc2s1. The molecule has 6 nitrogen and oxygen atoms in total. The lowest BCUT2D eigenvalue weighted by Gasteiger charge is -2.17. The number of benzene rings is 2. The van der Waals surface area contributed by atoms with Crippen molar-refractivity contribution in [3.63, 3.8) is 0 Å². The molecule has 29 heavy (non-hydrogen) atoms. The minimum Gasteiger partial charge on any atom is -0.354 e. The van der Waals surface area contributed by atoms with Crippen LogP contribution in [-0.2, 0) is 4.79 Å². The van der Waals surface area contributed by atoms with Crippen LogP contribution in [0.25, 0.3) is 10.1 Å². The second kappa shape index (κ2) is 8.45. The minimum atomic E-state index is -0.559. The van der Waals surface area contributed by atoms with Crippen molar-refractivity contribution >= 4 is 44.8 Å². The molecule has 148 valence electrons. The third-order valence-electron chi connectivity index (χ3n) is 4.91. The zero-order chi connectivity index (χ0) is 20.2. The van der Waals surface area contributed by atoms with E-state index in [1.54, 1.807) is 24.3 Å². The van der Waals surface area contributed by atoms with Crippen molar-refractivity contribution in [3.05, 3.63) is 65.0 Å². The Balaban J connectivity index is 1.52. The highest BCUT2D eigenvalue weighted by Gasteiger charge is 2.24. The average molecular weight is 407 g/mol. The first-order valence-electron chi connectivity index (χ1n) is 9.59. The second-order valence-corrected chi connectivity index (χ2v) is 8.04. The Morgan fingerprint density at radius 1 is 1.00 bits per heavy atom. The van der Waals surface area contributed by atoms with Gasteiger partial charge in [-0.25, -0.2) is 0 Å². The highest BCUT2D eigenvalue weighted by Crippen LogP contribution is 2.26. The van der Waals surface area contributed by atoms with Gasteiger partial charge in [-0.2, -0.15) is 0 Å². The molecule has 0 aliphatic carbocycles. The summed E-state index contributed by atoms with van der Waals surface area (Å²) < 4.78 is 1.03. The fourth-order valence-electron chi connectivity index (χ4n) is 3.38. The Bertz CT molecular complexity index is 1040. The van der Waals surface area contributed by atoms with Crippen molar-refractivity contribution in [2.75, 3.05) is 11.9 Å². The molecule has 1 aromatic heterocycles. The van der Waals surface area contributed by atoms with Gasteiger partial charge in [-0.15, -0.1) is 11.3 Å². The maximum atomic E-state index is 12.8. The van der Waals surface area contributed by atoms with Crippen molar-refractivity contribution < 1.29 is 14.4 Å². The maximum absolute atomic E-state index is 12.8. The molecule has 1 aliphatic rings. The van der Waals surface area contributed by atoms with Crippen LogP contribution in [0, 0.1) is 0 Å². The normalized spacial score (nSPS) is 16.7. The fourth-order valence-corrected chi connectivity index (χ4v) is 4.34. The smallest absolute Gasteiger partial charge is 0.265 e. The summed E-state index contributed by atoms with van der Waals surface area (Å²) >= 11 is 1.40. The lowest BCUT2D eigenvalue weighted by Crippen LogP contribution is -2.45. The Labute approximate surface area is 172 Å². The van der Waals surface area contributed by atoms with Crippen LogP contribution in [0.5, 0.6) is 0 Å². The number of anilines is 1. The Morgan fingerprint density at radius 3 is 2.66 bits per heavy atom. The van der Waals surface area contributed by atoms with E-state index in [-0.39, 0.29) is 17.7 Å². The molecular weight excluding hydrogens is 386 g/mol. The van der Waals surface area contributed by atoms with Crippen LogP contribution in [0.15, 0.2) is 54.6 Å². The minimum absolute atomic E-state index is 0.164. The average Bonchev–Trinajstić information content (AvgIpc) is 3.07. The van der Waals surface area contributed by atoms with Crippen molar-refractivity contribution in [2.24, 2.45) is 0 Å². The summed E-state index contributed by atoms with van der Waals surface area (Å²) in [5.74, 6) is -0.805. The number of para-hydroxylation sites is 1. The molecule has 1 fully saturated rings. The molecule has 1 aliphatic heterocycles. The zero-order valence-electron chi connectivity index (χ0n) is 15.7. The van der Waals surface area contributed by atoms with Crippen molar-refractivity contribution in [1.29, 1.82) is 0 Å². The zero-order valence-corrected chi connectivity index (χ0v) is 16.6. The van der Waals surface area contributed by atoms with Gasteiger partial charge >= 0.3 is 0 Å². The van der Waals surface area contributed by atoms with E-state index in [0.717, 1.165) is 22.9 Å². The Kier molecular flexibility index (Phi) is 5.57. The monoisotopic (exact) mass is 407 g/mol. The lowest BCUT2D eigenvalue weighted by atomic mass is 10.1. The standard InChI is InChI=1S/C22H21N3O3S/c26-20(25-17-10-5-6-12-23-21(17)27)15-8-2-3-9-16(15)24-22(28)19-13-14-7-1-4-11-18(14)29-19/h1-4,7-9,11,13,17H,5-6,10,12H2,(H,23,27)(H,24,28)(H,25,26)/t17-/m0/s1.